The van der Waals surface area contributed by atoms with Gasteiger partial charge in [0.2, 0.25) is 11.8 Å². The molecule has 0 spiro atoms. The zero-order chi connectivity index (χ0) is 13.1. The lowest BCUT2D eigenvalue weighted by molar-refractivity contribution is -0.130. The number of rotatable bonds is 3. The van der Waals surface area contributed by atoms with Gasteiger partial charge in [-0.2, -0.15) is 0 Å². The van der Waals surface area contributed by atoms with Gasteiger partial charge < -0.3 is 10.2 Å². The van der Waals surface area contributed by atoms with Gasteiger partial charge in [0.25, 0.3) is 0 Å². The van der Waals surface area contributed by atoms with Crippen molar-refractivity contribution in [1.29, 1.82) is 0 Å². The zero-order valence-electron chi connectivity index (χ0n) is 10.6. The third-order valence-electron chi connectivity index (χ3n) is 3.14. The Labute approximate surface area is 106 Å². The highest BCUT2D eigenvalue weighted by molar-refractivity contribution is 6.02. The summed E-state index contributed by atoms with van der Waals surface area (Å²) in [4.78, 5) is 24.4. The van der Waals surface area contributed by atoms with Gasteiger partial charge in [-0.25, -0.2) is 0 Å². The molecular formula is C13H17N3O2. The van der Waals surface area contributed by atoms with Crippen molar-refractivity contribution in [3.63, 3.8) is 0 Å². The van der Waals surface area contributed by atoms with E-state index in [-0.39, 0.29) is 30.9 Å². The first-order chi connectivity index (χ1) is 8.60. The molecule has 5 heteroatoms. The number of anilines is 1. The van der Waals surface area contributed by atoms with Gasteiger partial charge in [0.1, 0.15) is 0 Å². The Morgan fingerprint density at radius 1 is 1.17 bits per heavy atom. The van der Waals surface area contributed by atoms with Crippen LogP contribution in [0.5, 0.6) is 0 Å². The summed E-state index contributed by atoms with van der Waals surface area (Å²) in [5.74, 6) is -0.502. The van der Waals surface area contributed by atoms with Crippen LogP contribution in [0.4, 0.5) is 5.69 Å². The number of amides is 2. The summed E-state index contributed by atoms with van der Waals surface area (Å²) >= 11 is 0. The van der Waals surface area contributed by atoms with Crippen LogP contribution < -0.4 is 15.5 Å². The molecule has 0 bridgehead atoms. The Hall–Kier alpha value is -1.88. The molecule has 1 aliphatic rings. The number of piperazine rings is 1. The molecule has 1 atom stereocenters. The molecule has 1 saturated heterocycles. The maximum atomic E-state index is 11.3. The summed E-state index contributed by atoms with van der Waals surface area (Å²) in [6.07, 6.45) is 0. The highest BCUT2D eigenvalue weighted by Crippen LogP contribution is 2.19. The predicted molar refractivity (Wildman–Crippen MR) is 69.3 cm³/mol. The van der Waals surface area contributed by atoms with E-state index in [9.17, 15) is 9.59 Å². The molecule has 0 saturated carbocycles. The number of carbonyl (C=O) groups excluding carboxylic acids is 2. The van der Waals surface area contributed by atoms with E-state index >= 15 is 0 Å². The van der Waals surface area contributed by atoms with E-state index in [1.165, 1.54) is 5.56 Å². The van der Waals surface area contributed by atoms with E-state index in [4.69, 9.17) is 0 Å². The number of nitrogens with one attached hydrogen (secondary N) is 2. The number of hydrogen-bond donors (Lipinski definition) is 2. The molecule has 96 valence electrons. The van der Waals surface area contributed by atoms with E-state index < -0.39 is 0 Å². The number of nitrogens with zero attached hydrogens (tertiary/aromatic N) is 1. The first-order valence-electron chi connectivity index (χ1n) is 5.95. The van der Waals surface area contributed by atoms with Gasteiger partial charge in [0.05, 0.1) is 13.1 Å². The molecule has 18 heavy (non-hydrogen) atoms. The molecule has 1 aromatic carbocycles. The number of carbonyl (C=O) groups is 2. The normalized spacial score (nSPS) is 17.6. The molecule has 1 fully saturated rings. The molecule has 2 amide bonds. The molecule has 1 heterocycles. The van der Waals surface area contributed by atoms with Crippen LogP contribution in [-0.2, 0) is 9.59 Å². The second-order valence-corrected chi connectivity index (χ2v) is 4.43. The molecule has 0 aromatic heterocycles. The predicted octanol–water partition coefficient (Wildman–Crippen LogP) is 0.430. The highest BCUT2D eigenvalue weighted by atomic mass is 16.2. The van der Waals surface area contributed by atoms with Crippen LogP contribution in [0.15, 0.2) is 24.3 Å². The van der Waals surface area contributed by atoms with E-state index in [1.807, 2.05) is 31.3 Å². The van der Waals surface area contributed by atoms with Crippen LogP contribution in [-0.4, -0.2) is 32.0 Å². The fourth-order valence-electron chi connectivity index (χ4n) is 1.96. The maximum Gasteiger partial charge on any atom is 0.246 e. The van der Waals surface area contributed by atoms with Crippen LogP contribution in [0.1, 0.15) is 18.5 Å². The molecule has 5 nitrogen and oxygen atoms in total. The topological polar surface area (TPSA) is 61.4 Å². The standard InChI is InChI=1S/C13H17N3O2/c1-9(14-2)10-3-5-11(6-4-10)16-7-12(17)15-13(18)8-16/h3-6,9,14H,7-8H2,1-2H3,(H,15,17,18). The third-order valence-corrected chi connectivity index (χ3v) is 3.14. The van der Waals surface area contributed by atoms with Gasteiger partial charge in [-0.1, -0.05) is 12.1 Å². The van der Waals surface area contributed by atoms with Crippen LogP contribution >= 0.6 is 0 Å². The summed E-state index contributed by atoms with van der Waals surface area (Å²) in [6, 6.07) is 8.18. The monoisotopic (exact) mass is 247 g/mol. The van der Waals surface area contributed by atoms with Crippen molar-refractivity contribution < 1.29 is 9.59 Å². The molecular weight excluding hydrogens is 230 g/mol. The minimum atomic E-state index is -0.251. The smallest absolute Gasteiger partial charge is 0.246 e. The van der Waals surface area contributed by atoms with Gasteiger partial charge >= 0.3 is 0 Å². The Morgan fingerprint density at radius 3 is 2.22 bits per heavy atom. The molecule has 2 N–H and O–H groups in total. The van der Waals surface area contributed by atoms with Crippen LogP contribution in [0, 0.1) is 0 Å². The lowest BCUT2D eigenvalue weighted by Gasteiger charge is -2.27. The summed E-state index contributed by atoms with van der Waals surface area (Å²) < 4.78 is 0. The quantitative estimate of drug-likeness (QED) is 0.760. The molecule has 0 aliphatic carbocycles. The van der Waals surface area contributed by atoms with Crippen molar-refractivity contribution in [3.05, 3.63) is 29.8 Å². The van der Waals surface area contributed by atoms with Crippen molar-refractivity contribution in [2.75, 3.05) is 25.0 Å². The first-order valence-corrected chi connectivity index (χ1v) is 5.95. The number of benzene rings is 1. The Bertz CT molecular complexity index is 440. The van der Waals surface area contributed by atoms with Crippen molar-refractivity contribution >= 4 is 17.5 Å². The summed E-state index contributed by atoms with van der Waals surface area (Å²) in [7, 11) is 1.91. The van der Waals surface area contributed by atoms with Gasteiger partial charge in [-0.3, -0.25) is 14.9 Å². The third kappa shape index (κ3) is 2.68. The number of hydrogen-bond acceptors (Lipinski definition) is 4. The van der Waals surface area contributed by atoms with Gasteiger partial charge in [0, 0.05) is 11.7 Å². The fraction of sp³-hybridized carbons (Fsp3) is 0.385. The average Bonchev–Trinajstić information content (AvgIpc) is 2.37. The van der Waals surface area contributed by atoms with Crippen molar-refractivity contribution in [2.45, 2.75) is 13.0 Å². The van der Waals surface area contributed by atoms with Crippen molar-refractivity contribution in [3.8, 4) is 0 Å². The summed E-state index contributed by atoms with van der Waals surface area (Å²) in [5, 5.41) is 5.45. The van der Waals surface area contributed by atoms with E-state index in [2.05, 4.69) is 17.6 Å². The van der Waals surface area contributed by atoms with Gasteiger partial charge in [-0.15, -0.1) is 0 Å². The minimum absolute atomic E-state index is 0.229. The number of imide groups is 1. The highest BCUT2D eigenvalue weighted by Gasteiger charge is 2.22. The molecule has 1 aromatic rings. The second kappa shape index (κ2) is 5.18. The first kappa shape index (κ1) is 12.6. The van der Waals surface area contributed by atoms with Crippen molar-refractivity contribution in [2.24, 2.45) is 0 Å². The molecule has 0 radical (unpaired) electrons. The summed E-state index contributed by atoms with van der Waals surface area (Å²) in [6.45, 7) is 2.53. The lowest BCUT2D eigenvalue weighted by Crippen LogP contribution is -2.51. The average molecular weight is 247 g/mol. The summed E-state index contributed by atoms with van der Waals surface area (Å²) in [5.41, 5.74) is 2.07. The minimum Gasteiger partial charge on any atom is -0.353 e. The van der Waals surface area contributed by atoms with E-state index in [0.29, 0.717) is 0 Å². The lowest BCUT2D eigenvalue weighted by atomic mass is 10.1. The van der Waals surface area contributed by atoms with Crippen LogP contribution in [0.2, 0.25) is 0 Å². The Morgan fingerprint density at radius 2 is 1.72 bits per heavy atom. The van der Waals surface area contributed by atoms with Crippen LogP contribution in [0.3, 0.4) is 0 Å². The zero-order valence-corrected chi connectivity index (χ0v) is 10.6. The Balaban J connectivity index is 2.14. The van der Waals surface area contributed by atoms with E-state index in [0.717, 1.165) is 5.69 Å². The largest absolute Gasteiger partial charge is 0.353 e. The molecule has 1 aliphatic heterocycles. The van der Waals surface area contributed by atoms with E-state index in [1.54, 1.807) is 4.90 Å². The van der Waals surface area contributed by atoms with Crippen LogP contribution in [0.25, 0.3) is 0 Å². The second-order valence-electron chi connectivity index (χ2n) is 4.43. The maximum absolute atomic E-state index is 11.3. The van der Waals surface area contributed by atoms with Crippen molar-refractivity contribution in [1.82, 2.24) is 10.6 Å². The molecule has 1 unspecified atom stereocenters. The molecule has 2 rings (SSSR count). The fourth-order valence-corrected chi connectivity index (χ4v) is 1.96. The van der Waals surface area contributed by atoms with Gasteiger partial charge in [-0.05, 0) is 31.7 Å². The Kier molecular flexibility index (Phi) is 3.62. The SMILES string of the molecule is CNC(C)c1ccc(N2CC(=O)NC(=O)C2)cc1. The van der Waals surface area contributed by atoms with Gasteiger partial charge in [0.15, 0.2) is 0 Å².